The maximum Gasteiger partial charge on any atom is 0.257 e. The van der Waals surface area contributed by atoms with E-state index >= 15 is 0 Å². The zero-order chi connectivity index (χ0) is 21.7. The fourth-order valence-corrected chi connectivity index (χ4v) is 3.09. The Hall–Kier alpha value is -3.37. The third-order valence-corrected chi connectivity index (χ3v) is 5.03. The summed E-state index contributed by atoms with van der Waals surface area (Å²) in [6, 6.07) is 11.9. The lowest BCUT2D eigenvalue weighted by atomic mass is 10.2. The molecular weight excluding hydrogens is 412 g/mol. The molecule has 1 aromatic heterocycles. The zero-order valence-electron chi connectivity index (χ0n) is 16.2. The molecule has 0 bridgehead atoms. The van der Waals surface area contributed by atoms with Gasteiger partial charge in [-0.15, -0.1) is 0 Å². The van der Waals surface area contributed by atoms with Gasteiger partial charge in [-0.2, -0.15) is 0 Å². The van der Waals surface area contributed by atoms with Crippen molar-refractivity contribution in [2.75, 3.05) is 18.2 Å². The van der Waals surface area contributed by atoms with Crippen LogP contribution in [0.15, 0.2) is 64.2 Å². The van der Waals surface area contributed by atoms with E-state index in [2.05, 4.69) is 10.5 Å². The van der Waals surface area contributed by atoms with Crippen molar-refractivity contribution in [3.8, 4) is 17.2 Å². The van der Waals surface area contributed by atoms with Crippen LogP contribution in [0.25, 0.3) is 0 Å². The van der Waals surface area contributed by atoms with Gasteiger partial charge < -0.3 is 24.4 Å². The number of nitrogens with zero attached hydrogens (tertiary/aromatic N) is 1. The number of hydrogen-bond acceptors (Lipinski definition) is 8. The van der Waals surface area contributed by atoms with Gasteiger partial charge in [-0.1, -0.05) is 5.16 Å². The second-order valence-corrected chi connectivity index (χ2v) is 8.50. The Morgan fingerprint density at radius 1 is 1.13 bits per heavy atom. The van der Waals surface area contributed by atoms with Crippen LogP contribution in [0, 0.1) is 0 Å². The molecule has 30 heavy (non-hydrogen) atoms. The zero-order valence-corrected chi connectivity index (χ0v) is 17.0. The molecule has 2 aromatic carbocycles. The van der Waals surface area contributed by atoms with Crippen LogP contribution in [0.2, 0.25) is 0 Å². The number of benzene rings is 2. The SMILES string of the molecule is C[C@@H](CO)Oc1cc(Oc2ccc(S(C)(=O)=O)cc2)cc(C(=O)Nc2ccon2)c1. The number of nitrogens with one attached hydrogen (secondary N) is 1. The van der Waals surface area contributed by atoms with Gasteiger partial charge in [0.2, 0.25) is 0 Å². The highest BCUT2D eigenvalue weighted by molar-refractivity contribution is 7.90. The van der Waals surface area contributed by atoms with E-state index in [4.69, 9.17) is 14.0 Å². The smallest absolute Gasteiger partial charge is 0.257 e. The first-order valence-electron chi connectivity index (χ1n) is 8.87. The molecule has 0 fully saturated rings. The van der Waals surface area contributed by atoms with Gasteiger partial charge in [0.05, 0.1) is 11.5 Å². The largest absolute Gasteiger partial charge is 0.488 e. The van der Waals surface area contributed by atoms with Crippen molar-refractivity contribution in [3.63, 3.8) is 0 Å². The molecule has 0 aliphatic heterocycles. The Labute approximate surface area is 173 Å². The molecule has 9 nitrogen and oxygen atoms in total. The Bertz CT molecular complexity index is 1110. The molecule has 0 aliphatic rings. The first-order valence-corrected chi connectivity index (χ1v) is 10.8. The number of sulfone groups is 1. The van der Waals surface area contributed by atoms with Gasteiger partial charge in [0, 0.05) is 24.0 Å². The average molecular weight is 432 g/mol. The molecule has 1 amide bonds. The topological polar surface area (TPSA) is 128 Å². The van der Waals surface area contributed by atoms with Gasteiger partial charge in [-0.05, 0) is 43.3 Å². The van der Waals surface area contributed by atoms with E-state index in [1.807, 2.05) is 0 Å². The normalized spacial score (nSPS) is 12.2. The molecule has 1 heterocycles. The summed E-state index contributed by atoms with van der Waals surface area (Å²) in [5.41, 5.74) is 0.225. The maximum absolute atomic E-state index is 12.6. The molecule has 0 saturated heterocycles. The van der Waals surface area contributed by atoms with Crippen molar-refractivity contribution in [2.45, 2.75) is 17.9 Å². The molecule has 0 saturated carbocycles. The summed E-state index contributed by atoms with van der Waals surface area (Å²) >= 11 is 0. The van der Waals surface area contributed by atoms with Gasteiger partial charge >= 0.3 is 0 Å². The molecule has 0 aliphatic carbocycles. The van der Waals surface area contributed by atoms with E-state index in [0.717, 1.165) is 6.26 Å². The first kappa shape index (κ1) is 21.3. The average Bonchev–Trinajstić information content (AvgIpc) is 3.20. The van der Waals surface area contributed by atoms with Gasteiger partial charge in [-0.25, -0.2) is 8.42 Å². The molecule has 0 spiro atoms. The number of rotatable bonds is 8. The molecule has 158 valence electrons. The van der Waals surface area contributed by atoms with Gasteiger partial charge in [-0.3, -0.25) is 4.79 Å². The van der Waals surface area contributed by atoms with Crippen LogP contribution in [0.4, 0.5) is 5.82 Å². The van der Waals surface area contributed by atoms with Crippen LogP contribution in [0.1, 0.15) is 17.3 Å². The van der Waals surface area contributed by atoms with Crippen LogP contribution < -0.4 is 14.8 Å². The Kier molecular flexibility index (Phi) is 6.38. The van der Waals surface area contributed by atoms with Crippen molar-refractivity contribution in [2.24, 2.45) is 0 Å². The fraction of sp³-hybridized carbons (Fsp3) is 0.200. The van der Waals surface area contributed by atoms with Crippen molar-refractivity contribution < 1.29 is 32.3 Å². The quantitative estimate of drug-likeness (QED) is 0.556. The Balaban J connectivity index is 1.88. The van der Waals surface area contributed by atoms with Crippen LogP contribution in [-0.4, -0.2) is 43.6 Å². The van der Waals surface area contributed by atoms with Crippen LogP contribution >= 0.6 is 0 Å². The number of aliphatic hydroxyl groups excluding tert-OH is 1. The van der Waals surface area contributed by atoms with Crippen LogP contribution in [0.5, 0.6) is 17.2 Å². The summed E-state index contributed by atoms with van der Waals surface area (Å²) in [7, 11) is -3.32. The Morgan fingerprint density at radius 2 is 1.83 bits per heavy atom. The number of anilines is 1. The molecule has 0 radical (unpaired) electrons. The van der Waals surface area contributed by atoms with Crippen molar-refractivity contribution >= 4 is 21.6 Å². The third-order valence-electron chi connectivity index (χ3n) is 3.90. The second-order valence-electron chi connectivity index (χ2n) is 6.49. The summed E-state index contributed by atoms with van der Waals surface area (Å²) in [6.07, 6.45) is 1.94. The van der Waals surface area contributed by atoms with Gasteiger partial charge in [0.25, 0.3) is 5.91 Å². The summed E-state index contributed by atoms with van der Waals surface area (Å²) in [6.45, 7) is 1.46. The van der Waals surface area contributed by atoms with E-state index in [9.17, 15) is 18.3 Å². The lowest BCUT2D eigenvalue weighted by molar-refractivity contribution is 0.102. The molecule has 2 N–H and O–H groups in total. The number of ether oxygens (including phenoxy) is 2. The number of hydrogen-bond donors (Lipinski definition) is 2. The minimum atomic E-state index is -3.32. The fourth-order valence-electron chi connectivity index (χ4n) is 2.46. The second kappa shape index (κ2) is 8.97. The summed E-state index contributed by atoms with van der Waals surface area (Å²) in [5, 5.41) is 15.4. The number of aromatic nitrogens is 1. The monoisotopic (exact) mass is 432 g/mol. The predicted molar refractivity (Wildman–Crippen MR) is 108 cm³/mol. The van der Waals surface area contributed by atoms with E-state index in [-0.39, 0.29) is 28.6 Å². The highest BCUT2D eigenvalue weighted by atomic mass is 32.2. The predicted octanol–water partition coefficient (Wildman–Crippen LogP) is 2.88. The van der Waals surface area contributed by atoms with Gasteiger partial charge in [0.1, 0.15) is 29.6 Å². The minimum absolute atomic E-state index is 0.163. The first-order chi connectivity index (χ1) is 14.2. The molecule has 10 heteroatoms. The molecule has 0 unspecified atom stereocenters. The number of aliphatic hydroxyl groups is 1. The Morgan fingerprint density at radius 3 is 2.43 bits per heavy atom. The van der Waals surface area contributed by atoms with Crippen molar-refractivity contribution in [1.29, 1.82) is 0 Å². The van der Waals surface area contributed by atoms with E-state index in [1.54, 1.807) is 13.0 Å². The number of carbonyl (C=O) groups excluding carboxylic acids is 1. The summed E-state index contributed by atoms with van der Waals surface area (Å²) in [4.78, 5) is 12.7. The molecular formula is C20H20N2O7S. The maximum atomic E-state index is 12.6. The number of carbonyl (C=O) groups is 1. The van der Waals surface area contributed by atoms with Gasteiger partial charge in [0.15, 0.2) is 15.7 Å². The standard InChI is InChI=1S/C20H20N2O7S/c1-13(12-23)28-16-9-14(20(24)21-19-7-8-27-22-19)10-17(11-16)29-15-3-5-18(6-4-15)30(2,25)26/h3-11,13,23H,12H2,1-2H3,(H,21,22,24)/t13-/m0/s1. The lowest BCUT2D eigenvalue weighted by Crippen LogP contribution is -2.17. The molecule has 1 atom stereocenters. The molecule has 3 rings (SSSR count). The molecule has 3 aromatic rings. The van der Waals surface area contributed by atoms with Crippen LogP contribution in [-0.2, 0) is 9.84 Å². The summed E-state index contributed by atoms with van der Waals surface area (Å²) in [5.74, 6) is 0.747. The van der Waals surface area contributed by atoms with E-state index in [1.165, 1.54) is 48.7 Å². The lowest BCUT2D eigenvalue weighted by Gasteiger charge is -2.15. The highest BCUT2D eigenvalue weighted by Gasteiger charge is 2.14. The highest BCUT2D eigenvalue weighted by Crippen LogP contribution is 2.29. The summed E-state index contributed by atoms with van der Waals surface area (Å²) < 4.78 is 39.3. The van der Waals surface area contributed by atoms with Crippen molar-refractivity contribution in [1.82, 2.24) is 5.16 Å². The third kappa shape index (κ3) is 5.58. The van der Waals surface area contributed by atoms with Crippen LogP contribution in [0.3, 0.4) is 0 Å². The van der Waals surface area contributed by atoms with Crippen molar-refractivity contribution in [3.05, 3.63) is 60.4 Å². The van der Waals surface area contributed by atoms with E-state index < -0.39 is 21.8 Å². The van der Waals surface area contributed by atoms with E-state index in [0.29, 0.717) is 11.5 Å². The number of amides is 1. The minimum Gasteiger partial charge on any atom is -0.488 e.